The predicted molar refractivity (Wildman–Crippen MR) is 87.2 cm³/mol. The van der Waals surface area contributed by atoms with E-state index in [0.717, 1.165) is 24.9 Å². The minimum Gasteiger partial charge on any atom is -0.495 e. The van der Waals surface area contributed by atoms with Crippen molar-refractivity contribution >= 4 is 17.5 Å². The number of methoxy groups -OCH3 is 1. The highest BCUT2D eigenvalue weighted by Gasteiger charge is 2.37. The maximum atomic E-state index is 12.6. The van der Waals surface area contributed by atoms with E-state index in [1.807, 2.05) is 24.3 Å². The third-order valence-electron chi connectivity index (χ3n) is 4.80. The van der Waals surface area contributed by atoms with Gasteiger partial charge in [0.05, 0.1) is 18.7 Å². The van der Waals surface area contributed by atoms with Crippen LogP contribution in [-0.2, 0) is 9.59 Å². The molecule has 3 atom stereocenters. The summed E-state index contributed by atoms with van der Waals surface area (Å²) < 4.78 is 5.32. The number of carbonyl (C=O) groups excluding carboxylic acids is 2. The van der Waals surface area contributed by atoms with Gasteiger partial charge in [-0.15, -0.1) is 0 Å². The molecule has 2 fully saturated rings. The van der Waals surface area contributed by atoms with E-state index in [-0.39, 0.29) is 23.8 Å². The van der Waals surface area contributed by atoms with E-state index in [1.54, 1.807) is 12.0 Å². The maximum absolute atomic E-state index is 12.6. The lowest BCUT2D eigenvalue weighted by Crippen LogP contribution is -2.46. The van der Waals surface area contributed by atoms with E-state index in [2.05, 4.69) is 5.32 Å². The lowest BCUT2D eigenvalue weighted by atomic mass is 10.0. The molecular weight excluding hydrogens is 294 g/mol. The van der Waals surface area contributed by atoms with Crippen molar-refractivity contribution in [3.8, 4) is 5.75 Å². The molecule has 1 saturated carbocycles. The molecule has 1 heterocycles. The van der Waals surface area contributed by atoms with Gasteiger partial charge in [-0.2, -0.15) is 0 Å². The zero-order valence-corrected chi connectivity index (χ0v) is 13.3. The van der Waals surface area contributed by atoms with Crippen molar-refractivity contribution in [2.24, 2.45) is 11.7 Å². The van der Waals surface area contributed by atoms with Gasteiger partial charge in [-0.05, 0) is 31.4 Å². The van der Waals surface area contributed by atoms with Crippen molar-refractivity contribution in [3.05, 3.63) is 24.3 Å². The normalized spacial score (nSPS) is 27.3. The minimum absolute atomic E-state index is 0.0863. The van der Waals surface area contributed by atoms with Gasteiger partial charge in [-0.1, -0.05) is 18.6 Å². The molecule has 6 heteroatoms. The lowest BCUT2D eigenvalue weighted by molar-refractivity contribution is -0.129. The van der Waals surface area contributed by atoms with Crippen LogP contribution in [0.1, 0.15) is 25.7 Å². The first kappa shape index (κ1) is 15.8. The second-order valence-corrected chi connectivity index (χ2v) is 6.21. The Morgan fingerprint density at radius 3 is 2.78 bits per heavy atom. The summed E-state index contributed by atoms with van der Waals surface area (Å²) in [5.74, 6) is 0.318. The second kappa shape index (κ2) is 6.58. The van der Waals surface area contributed by atoms with Crippen LogP contribution in [0, 0.1) is 5.92 Å². The third-order valence-corrected chi connectivity index (χ3v) is 4.80. The van der Waals surface area contributed by atoms with Gasteiger partial charge in [-0.3, -0.25) is 9.59 Å². The summed E-state index contributed by atoms with van der Waals surface area (Å²) in [6, 6.07) is 6.86. The molecule has 1 aliphatic heterocycles. The van der Waals surface area contributed by atoms with Crippen LogP contribution in [-0.4, -0.2) is 37.6 Å². The van der Waals surface area contributed by atoms with Crippen LogP contribution >= 0.6 is 0 Å². The van der Waals surface area contributed by atoms with Crippen LogP contribution in [0.4, 0.5) is 5.69 Å². The van der Waals surface area contributed by atoms with Gasteiger partial charge in [0.15, 0.2) is 0 Å². The summed E-state index contributed by atoms with van der Waals surface area (Å²) in [4.78, 5) is 26.6. The van der Waals surface area contributed by atoms with Gasteiger partial charge < -0.3 is 20.7 Å². The van der Waals surface area contributed by atoms with E-state index in [9.17, 15) is 9.59 Å². The average Bonchev–Trinajstić information content (AvgIpc) is 3.14. The van der Waals surface area contributed by atoms with Gasteiger partial charge in [-0.25, -0.2) is 0 Å². The zero-order valence-electron chi connectivity index (χ0n) is 13.3. The third kappa shape index (κ3) is 3.03. The number of benzene rings is 1. The number of carbonyl (C=O) groups is 2. The quantitative estimate of drug-likeness (QED) is 0.869. The van der Waals surface area contributed by atoms with Crippen LogP contribution in [0.15, 0.2) is 24.3 Å². The number of hydrogen-bond acceptors (Lipinski definition) is 4. The van der Waals surface area contributed by atoms with Gasteiger partial charge in [0.2, 0.25) is 11.8 Å². The highest BCUT2D eigenvalue weighted by molar-refractivity contribution is 6.02. The van der Waals surface area contributed by atoms with E-state index >= 15 is 0 Å². The van der Waals surface area contributed by atoms with E-state index < -0.39 is 6.04 Å². The fourth-order valence-corrected chi connectivity index (χ4v) is 3.50. The Hall–Kier alpha value is -2.08. The highest BCUT2D eigenvalue weighted by Crippen LogP contribution is 2.31. The lowest BCUT2D eigenvalue weighted by Gasteiger charge is -2.21. The monoisotopic (exact) mass is 317 g/mol. The van der Waals surface area contributed by atoms with Crippen LogP contribution in [0.2, 0.25) is 0 Å². The molecule has 1 aromatic rings. The first-order valence-corrected chi connectivity index (χ1v) is 8.12. The number of hydrogen-bond donors (Lipinski definition) is 2. The van der Waals surface area contributed by atoms with Gasteiger partial charge in [0, 0.05) is 12.6 Å². The average molecular weight is 317 g/mol. The number of nitrogens with one attached hydrogen (secondary N) is 1. The SMILES string of the molecule is COc1ccccc1N1CC[C@H](NC(=O)[C@@H]2CCC[C@H]2N)C1=O. The van der Waals surface area contributed by atoms with Crippen molar-refractivity contribution in [2.45, 2.75) is 37.8 Å². The molecule has 1 aromatic carbocycles. The number of nitrogens with zero attached hydrogens (tertiary/aromatic N) is 1. The molecule has 0 aromatic heterocycles. The van der Waals surface area contributed by atoms with Crippen LogP contribution in [0.25, 0.3) is 0 Å². The number of rotatable bonds is 4. The molecular formula is C17H23N3O3. The number of ether oxygens (including phenoxy) is 1. The molecule has 1 aliphatic carbocycles. The van der Waals surface area contributed by atoms with Crippen LogP contribution in [0.5, 0.6) is 5.75 Å². The molecule has 3 N–H and O–H groups in total. The summed E-state index contributed by atoms with van der Waals surface area (Å²) in [6.45, 7) is 0.570. The molecule has 6 nitrogen and oxygen atoms in total. The molecule has 0 unspecified atom stereocenters. The number of para-hydroxylation sites is 2. The Kier molecular flexibility index (Phi) is 4.52. The van der Waals surface area contributed by atoms with Crippen molar-refractivity contribution in [3.63, 3.8) is 0 Å². The zero-order chi connectivity index (χ0) is 16.4. The number of amides is 2. The first-order chi connectivity index (χ1) is 11.1. The maximum Gasteiger partial charge on any atom is 0.249 e. The smallest absolute Gasteiger partial charge is 0.249 e. The Bertz CT molecular complexity index is 605. The van der Waals surface area contributed by atoms with Crippen LogP contribution < -0.4 is 20.7 Å². The van der Waals surface area contributed by atoms with Crippen molar-refractivity contribution in [1.82, 2.24) is 5.32 Å². The summed E-state index contributed by atoms with van der Waals surface area (Å²) in [7, 11) is 1.58. The summed E-state index contributed by atoms with van der Waals surface area (Å²) in [5.41, 5.74) is 6.72. The molecule has 2 aliphatic rings. The largest absolute Gasteiger partial charge is 0.495 e. The molecule has 2 amide bonds. The molecule has 124 valence electrons. The molecule has 0 radical (unpaired) electrons. The van der Waals surface area contributed by atoms with Gasteiger partial charge in [0.1, 0.15) is 11.8 Å². The number of nitrogens with two attached hydrogens (primary N) is 1. The predicted octanol–water partition coefficient (Wildman–Crippen LogP) is 1.04. The Labute approximate surface area is 136 Å². The second-order valence-electron chi connectivity index (χ2n) is 6.21. The van der Waals surface area contributed by atoms with Crippen molar-refractivity contribution in [1.29, 1.82) is 0 Å². The van der Waals surface area contributed by atoms with Crippen LogP contribution in [0.3, 0.4) is 0 Å². The van der Waals surface area contributed by atoms with Crippen molar-refractivity contribution < 1.29 is 14.3 Å². The van der Waals surface area contributed by atoms with Gasteiger partial charge in [0.25, 0.3) is 0 Å². The van der Waals surface area contributed by atoms with E-state index in [1.165, 1.54) is 0 Å². The fraction of sp³-hybridized carbons (Fsp3) is 0.529. The highest BCUT2D eigenvalue weighted by atomic mass is 16.5. The molecule has 3 rings (SSSR count). The van der Waals surface area contributed by atoms with E-state index in [4.69, 9.17) is 10.5 Å². The Morgan fingerprint density at radius 1 is 1.30 bits per heavy atom. The van der Waals surface area contributed by atoms with Gasteiger partial charge >= 0.3 is 0 Å². The Balaban J connectivity index is 1.68. The minimum atomic E-state index is -0.472. The molecule has 0 bridgehead atoms. The van der Waals surface area contributed by atoms with Crippen molar-refractivity contribution in [2.75, 3.05) is 18.6 Å². The van der Waals surface area contributed by atoms with E-state index in [0.29, 0.717) is 18.7 Å². The molecule has 0 spiro atoms. The molecule has 1 saturated heterocycles. The Morgan fingerprint density at radius 2 is 2.09 bits per heavy atom. The summed E-state index contributed by atoms with van der Waals surface area (Å²) in [5, 5.41) is 2.89. The standard InChI is InChI=1S/C17H23N3O3/c1-23-15-8-3-2-7-14(15)20-10-9-13(17(20)22)19-16(21)11-5-4-6-12(11)18/h2-3,7-8,11-13H,4-6,9-10,18H2,1H3,(H,19,21)/t11-,12-,13+/m1/s1. The fourth-order valence-electron chi connectivity index (χ4n) is 3.50. The number of anilines is 1. The summed E-state index contributed by atoms with van der Waals surface area (Å²) in [6.07, 6.45) is 3.27. The topological polar surface area (TPSA) is 84.7 Å². The first-order valence-electron chi connectivity index (χ1n) is 8.12. The molecule has 23 heavy (non-hydrogen) atoms. The summed E-state index contributed by atoms with van der Waals surface area (Å²) >= 11 is 0.